The predicted molar refractivity (Wildman–Crippen MR) is 72.6 cm³/mol. The molecule has 0 saturated carbocycles. The molecule has 0 fully saturated rings. The predicted octanol–water partition coefficient (Wildman–Crippen LogP) is 3.01. The van der Waals surface area contributed by atoms with Crippen molar-refractivity contribution >= 4 is 11.6 Å². The van der Waals surface area contributed by atoms with Crippen LogP contribution in [0.4, 0.5) is 0 Å². The zero-order chi connectivity index (χ0) is 13.2. The number of aryl methyl sites for hydroxylation is 1. The molecule has 96 valence electrons. The molecular formula is C14H17ClN2O. The topological polar surface area (TPSA) is 38.0 Å². The summed E-state index contributed by atoms with van der Waals surface area (Å²) >= 11 is 5.95. The number of hydrogen-bond acceptors (Lipinski definition) is 2. The first kappa shape index (κ1) is 13.1. The lowest BCUT2D eigenvalue weighted by Crippen LogP contribution is -2.24. The Hall–Kier alpha value is -1.32. The molecule has 3 nitrogen and oxygen atoms in total. The van der Waals surface area contributed by atoms with E-state index in [1.165, 1.54) is 0 Å². The molecule has 1 aromatic heterocycles. The highest BCUT2D eigenvalue weighted by molar-refractivity contribution is 6.30. The summed E-state index contributed by atoms with van der Waals surface area (Å²) < 4.78 is 1.85. The van der Waals surface area contributed by atoms with Crippen molar-refractivity contribution in [3.05, 3.63) is 52.8 Å². The minimum atomic E-state index is -0.938. The van der Waals surface area contributed by atoms with E-state index in [2.05, 4.69) is 5.10 Å². The van der Waals surface area contributed by atoms with Crippen LogP contribution in [0.3, 0.4) is 0 Å². The van der Waals surface area contributed by atoms with Crippen molar-refractivity contribution in [1.29, 1.82) is 0 Å². The van der Waals surface area contributed by atoms with E-state index in [1.54, 1.807) is 25.3 Å². The van der Waals surface area contributed by atoms with Crippen LogP contribution >= 0.6 is 11.6 Å². The molecule has 1 heterocycles. The van der Waals surface area contributed by atoms with Crippen molar-refractivity contribution in [2.45, 2.75) is 32.4 Å². The Kier molecular flexibility index (Phi) is 3.73. The molecule has 0 aliphatic heterocycles. The second kappa shape index (κ2) is 5.12. The normalized spacial score (nSPS) is 14.4. The van der Waals surface area contributed by atoms with Crippen molar-refractivity contribution in [2.75, 3.05) is 0 Å². The Morgan fingerprint density at radius 3 is 2.83 bits per heavy atom. The van der Waals surface area contributed by atoms with Crippen molar-refractivity contribution in [1.82, 2.24) is 9.78 Å². The monoisotopic (exact) mass is 264 g/mol. The number of nitrogens with zero attached hydrogens (tertiary/aromatic N) is 2. The van der Waals surface area contributed by atoms with Crippen LogP contribution in [0, 0.1) is 0 Å². The molecule has 0 aliphatic carbocycles. The second-order valence-electron chi connectivity index (χ2n) is 4.67. The van der Waals surface area contributed by atoms with Crippen LogP contribution in [0.25, 0.3) is 0 Å². The van der Waals surface area contributed by atoms with E-state index in [0.29, 0.717) is 11.4 Å². The number of aliphatic hydroxyl groups is 1. The molecule has 1 unspecified atom stereocenters. The van der Waals surface area contributed by atoms with Crippen molar-refractivity contribution in [3.63, 3.8) is 0 Å². The Bertz CT molecular complexity index is 534. The Labute approximate surface area is 112 Å². The molecule has 18 heavy (non-hydrogen) atoms. The molecule has 0 aliphatic rings. The third-order valence-electron chi connectivity index (χ3n) is 3.01. The average Bonchev–Trinajstić information content (AvgIpc) is 2.76. The number of aromatic nitrogens is 2. The highest BCUT2D eigenvalue weighted by Gasteiger charge is 2.24. The number of halogens is 1. The zero-order valence-electron chi connectivity index (χ0n) is 10.6. The van der Waals surface area contributed by atoms with Gasteiger partial charge in [-0.1, -0.05) is 23.7 Å². The molecule has 2 rings (SSSR count). The minimum absolute atomic E-state index is 0.521. The van der Waals surface area contributed by atoms with Gasteiger partial charge in [0, 0.05) is 24.2 Å². The van der Waals surface area contributed by atoms with Gasteiger partial charge in [-0.05, 0) is 37.1 Å². The van der Waals surface area contributed by atoms with Gasteiger partial charge in [-0.25, -0.2) is 0 Å². The van der Waals surface area contributed by atoms with E-state index >= 15 is 0 Å². The maximum Gasteiger partial charge on any atom is 0.0910 e. The summed E-state index contributed by atoms with van der Waals surface area (Å²) in [4.78, 5) is 0. The summed E-state index contributed by atoms with van der Waals surface area (Å²) in [5.74, 6) is 0. The number of rotatable bonds is 4. The summed E-state index contributed by atoms with van der Waals surface area (Å²) in [7, 11) is 0. The van der Waals surface area contributed by atoms with Gasteiger partial charge < -0.3 is 5.11 Å². The maximum absolute atomic E-state index is 10.5. The van der Waals surface area contributed by atoms with Crippen molar-refractivity contribution in [2.24, 2.45) is 0 Å². The lowest BCUT2D eigenvalue weighted by molar-refractivity contribution is 0.0576. The molecule has 0 spiro atoms. The van der Waals surface area contributed by atoms with Gasteiger partial charge >= 0.3 is 0 Å². The fourth-order valence-corrected chi connectivity index (χ4v) is 2.18. The first-order valence-electron chi connectivity index (χ1n) is 6.01. The lowest BCUT2D eigenvalue weighted by Gasteiger charge is -2.23. The molecule has 1 N–H and O–H groups in total. The highest BCUT2D eigenvalue weighted by atomic mass is 35.5. The minimum Gasteiger partial charge on any atom is -0.385 e. The summed E-state index contributed by atoms with van der Waals surface area (Å²) in [6.07, 6.45) is 4.27. The summed E-state index contributed by atoms with van der Waals surface area (Å²) in [6, 6.07) is 7.33. The van der Waals surface area contributed by atoms with Crippen LogP contribution in [0.2, 0.25) is 5.02 Å². The van der Waals surface area contributed by atoms with Crippen LogP contribution < -0.4 is 0 Å². The van der Waals surface area contributed by atoms with Crippen LogP contribution in [-0.4, -0.2) is 14.9 Å². The number of hydrogen-bond donors (Lipinski definition) is 1. The van der Waals surface area contributed by atoms with Gasteiger partial charge in [0.2, 0.25) is 0 Å². The molecule has 0 bridgehead atoms. The van der Waals surface area contributed by atoms with Gasteiger partial charge in [0.1, 0.15) is 0 Å². The van der Waals surface area contributed by atoms with Crippen LogP contribution in [0.1, 0.15) is 25.0 Å². The third kappa shape index (κ3) is 2.92. The van der Waals surface area contributed by atoms with E-state index < -0.39 is 5.60 Å². The van der Waals surface area contributed by atoms with E-state index in [1.807, 2.05) is 29.9 Å². The first-order valence-corrected chi connectivity index (χ1v) is 6.39. The fourth-order valence-electron chi connectivity index (χ4n) is 1.99. The van der Waals surface area contributed by atoms with Gasteiger partial charge in [0.15, 0.2) is 0 Å². The lowest BCUT2D eigenvalue weighted by atomic mass is 9.90. The Balaban J connectivity index is 2.20. The van der Waals surface area contributed by atoms with Crippen LogP contribution in [0.5, 0.6) is 0 Å². The molecule has 2 aromatic rings. The zero-order valence-corrected chi connectivity index (χ0v) is 11.4. The van der Waals surface area contributed by atoms with E-state index in [-0.39, 0.29) is 0 Å². The summed E-state index contributed by atoms with van der Waals surface area (Å²) in [5.41, 5.74) is 0.896. The van der Waals surface area contributed by atoms with E-state index in [4.69, 9.17) is 11.6 Å². The molecule has 0 radical (unpaired) electrons. The smallest absolute Gasteiger partial charge is 0.0910 e. The summed E-state index contributed by atoms with van der Waals surface area (Å²) in [6.45, 7) is 4.66. The fraction of sp³-hybridized carbons (Fsp3) is 0.357. The van der Waals surface area contributed by atoms with Gasteiger partial charge in [-0.15, -0.1) is 0 Å². The molecule has 1 aromatic carbocycles. The van der Waals surface area contributed by atoms with Crippen molar-refractivity contribution < 1.29 is 5.11 Å². The first-order chi connectivity index (χ1) is 8.51. The molecule has 0 saturated heterocycles. The Morgan fingerprint density at radius 2 is 2.22 bits per heavy atom. The standard InChI is InChI=1S/C14H17ClN2O/c1-3-17-10-11(9-16-17)8-14(2,18)12-5-4-6-13(15)7-12/h4-7,9-10,18H,3,8H2,1-2H3. The largest absolute Gasteiger partial charge is 0.385 e. The summed E-state index contributed by atoms with van der Waals surface area (Å²) in [5, 5.41) is 15.4. The van der Waals surface area contributed by atoms with Crippen molar-refractivity contribution in [3.8, 4) is 0 Å². The quantitative estimate of drug-likeness (QED) is 0.922. The Morgan fingerprint density at radius 1 is 1.44 bits per heavy atom. The SMILES string of the molecule is CCn1cc(CC(C)(O)c2cccc(Cl)c2)cn1. The van der Waals surface area contributed by atoms with Gasteiger partial charge in [-0.3, -0.25) is 4.68 Å². The highest BCUT2D eigenvalue weighted by Crippen LogP contribution is 2.27. The van der Waals surface area contributed by atoms with Gasteiger partial charge in [0.25, 0.3) is 0 Å². The number of benzene rings is 1. The third-order valence-corrected chi connectivity index (χ3v) is 3.24. The molecule has 0 amide bonds. The second-order valence-corrected chi connectivity index (χ2v) is 5.10. The van der Waals surface area contributed by atoms with Gasteiger partial charge in [-0.2, -0.15) is 5.10 Å². The van der Waals surface area contributed by atoms with Gasteiger partial charge in [0.05, 0.1) is 11.8 Å². The molecular weight excluding hydrogens is 248 g/mol. The average molecular weight is 265 g/mol. The van der Waals surface area contributed by atoms with Crippen LogP contribution in [-0.2, 0) is 18.6 Å². The van der Waals surface area contributed by atoms with E-state index in [0.717, 1.165) is 17.7 Å². The molecule has 1 atom stereocenters. The van der Waals surface area contributed by atoms with E-state index in [9.17, 15) is 5.11 Å². The molecule has 4 heteroatoms. The van der Waals surface area contributed by atoms with Crippen LogP contribution in [0.15, 0.2) is 36.7 Å². The maximum atomic E-state index is 10.5.